The maximum Gasteiger partial charge on any atom is 0.300 e. The van der Waals surface area contributed by atoms with Gasteiger partial charge in [-0.05, 0) is 17.7 Å². The number of imidazole rings is 1. The van der Waals surface area contributed by atoms with Crippen molar-refractivity contribution < 1.29 is 13.9 Å². The minimum Gasteiger partial charge on any atom is -0.427 e. The number of fused-ring (bicyclic) bond motifs is 2. The van der Waals surface area contributed by atoms with Gasteiger partial charge in [-0.3, -0.25) is 19.4 Å². The highest BCUT2D eigenvalue weighted by Gasteiger charge is 2.20. The molecule has 1 aromatic carbocycles. The number of carbonyl (C=O) groups is 1. The molecule has 0 unspecified atom stereocenters. The minimum atomic E-state index is -0.0315. The Bertz CT molecular complexity index is 1310. The van der Waals surface area contributed by atoms with E-state index >= 15 is 0 Å². The Morgan fingerprint density at radius 2 is 2.03 bits per heavy atom. The third-order valence-electron chi connectivity index (χ3n) is 5.78. The fourth-order valence-electron chi connectivity index (χ4n) is 4.13. The van der Waals surface area contributed by atoms with Crippen LogP contribution in [0.1, 0.15) is 21.7 Å². The SMILES string of the molecule is O=C1NCc2cc(-c3cnc(Nc4ncc(CN5CCOCC5)o4)c4nccn34)ccc21. The maximum atomic E-state index is 11.8. The van der Waals surface area contributed by atoms with Gasteiger partial charge in [-0.2, -0.15) is 0 Å². The van der Waals surface area contributed by atoms with Crippen LogP contribution in [0.5, 0.6) is 0 Å². The standard InChI is InChI=1S/C22H21N7O3/c30-21-17-2-1-14(9-15(17)10-25-21)18-12-24-19(20-23-3-4-29(18)20)27-22-26-11-16(32-22)13-28-5-7-31-8-6-28/h1-4,9,11-12H,5-8,10,13H2,(H,25,30)(H,24,26,27). The third-order valence-corrected chi connectivity index (χ3v) is 5.78. The molecule has 2 aliphatic heterocycles. The summed E-state index contributed by atoms with van der Waals surface area (Å²) in [5.74, 6) is 1.30. The first-order valence-electron chi connectivity index (χ1n) is 10.5. The fraction of sp³-hybridized carbons (Fsp3) is 0.273. The number of morpholine rings is 1. The van der Waals surface area contributed by atoms with Crippen molar-refractivity contribution in [3.63, 3.8) is 0 Å². The molecular formula is C22H21N7O3. The lowest BCUT2D eigenvalue weighted by Gasteiger charge is -2.25. The maximum absolute atomic E-state index is 11.8. The van der Waals surface area contributed by atoms with E-state index in [0.29, 0.717) is 30.6 Å². The van der Waals surface area contributed by atoms with Gasteiger partial charge in [0, 0.05) is 43.2 Å². The molecule has 10 heteroatoms. The number of aromatic nitrogens is 4. The molecule has 32 heavy (non-hydrogen) atoms. The lowest BCUT2D eigenvalue weighted by Crippen LogP contribution is -2.35. The zero-order valence-corrected chi connectivity index (χ0v) is 17.2. The largest absolute Gasteiger partial charge is 0.427 e. The van der Waals surface area contributed by atoms with E-state index in [2.05, 4.69) is 30.5 Å². The highest BCUT2D eigenvalue weighted by Crippen LogP contribution is 2.28. The molecule has 0 aliphatic carbocycles. The Labute approximate surface area is 183 Å². The molecule has 1 amide bonds. The number of benzene rings is 1. The summed E-state index contributed by atoms with van der Waals surface area (Å²) in [6.07, 6.45) is 7.12. The molecule has 6 rings (SSSR count). The smallest absolute Gasteiger partial charge is 0.300 e. The van der Waals surface area contributed by atoms with Crippen LogP contribution in [0, 0.1) is 0 Å². The van der Waals surface area contributed by atoms with Crippen LogP contribution in [0.4, 0.5) is 11.8 Å². The van der Waals surface area contributed by atoms with Crippen molar-refractivity contribution in [2.24, 2.45) is 0 Å². The molecule has 1 fully saturated rings. The molecule has 1 saturated heterocycles. The molecule has 0 bridgehead atoms. The predicted octanol–water partition coefficient (Wildman–Crippen LogP) is 2.20. The van der Waals surface area contributed by atoms with Gasteiger partial charge in [0.2, 0.25) is 0 Å². The van der Waals surface area contributed by atoms with Gasteiger partial charge >= 0.3 is 6.01 Å². The predicted molar refractivity (Wildman–Crippen MR) is 115 cm³/mol. The van der Waals surface area contributed by atoms with Gasteiger partial charge in [0.1, 0.15) is 5.76 Å². The van der Waals surface area contributed by atoms with Crippen LogP contribution in [0.15, 0.2) is 47.4 Å². The first kappa shape index (κ1) is 19.0. The lowest BCUT2D eigenvalue weighted by molar-refractivity contribution is 0.0314. The summed E-state index contributed by atoms with van der Waals surface area (Å²) in [7, 11) is 0. The molecule has 0 spiro atoms. The fourth-order valence-corrected chi connectivity index (χ4v) is 4.13. The van der Waals surface area contributed by atoms with Crippen molar-refractivity contribution in [1.82, 2.24) is 29.6 Å². The van der Waals surface area contributed by atoms with E-state index in [1.54, 1.807) is 18.6 Å². The third kappa shape index (κ3) is 3.39. The van der Waals surface area contributed by atoms with Gasteiger partial charge in [-0.15, -0.1) is 0 Å². The van der Waals surface area contributed by atoms with Crippen molar-refractivity contribution in [3.8, 4) is 11.3 Å². The second-order valence-electron chi connectivity index (χ2n) is 7.81. The molecule has 3 aromatic heterocycles. The van der Waals surface area contributed by atoms with Gasteiger partial charge < -0.3 is 14.5 Å². The van der Waals surface area contributed by atoms with Gasteiger partial charge in [0.25, 0.3) is 5.91 Å². The number of hydrogen-bond donors (Lipinski definition) is 2. The number of oxazole rings is 1. The van der Waals surface area contributed by atoms with Crippen molar-refractivity contribution in [2.45, 2.75) is 13.1 Å². The Balaban J connectivity index is 1.26. The molecule has 4 aromatic rings. The van der Waals surface area contributed by atoms with Crippen LogP contribution in [0.25, 0.3) is 16.9 Å². The molecule has 5 heterocycles. The first-order valence-corrected chi connectivity index (χ1v) is 10.5. The van der Waals surface area contributed by atoms with E-state index in [0.717, 1.165) is 54.4 Å². The minimum absolute atomic E-state index is 0.0315. The Morgan fingerprint density at radius 1 is 1.12 bits per heavy atom. The van der Waals surface area contributed by atoms with Crippen LogP contribution in [-0.2, 0) is 17.8 Å². The van der Waals surface area contributed by atoms with Crippen molar-refractivity contribution in [3.05, 3.63) is 59.9 Å². The highest BCUT2D eigenvalue weighted by molar-refractivity contribution is 5.98. The second kappa shape index (κ2) is 7.74. The average molecular weight is 431 g/mol. The van der Waals surface area contributed by atoms with Crippen LogP contribution < -0.4 is 10.6 Å². The van der Waals surface area contributed by atoms with Crippen LogP contribution in [-0.4, -0.2) is 56.5 Å². The van der Waals surface area contributed by atoms with Crippen LogP contribution >= 0.6 is 0 Å². The number of amides is 1. The van der Waals surface area contributed by atoms with E-state index in [1.807, 2.05) is 28.8 Å². The zero-order chi connectivity index (χ0) is 21.5. The van der Waals surface area contributed by atoms with Gasteiger partial charge in [0.15, 0.2) is 11.5 Å². The molecule has 0 radical (unpaired) electrons. The number of rotatable bonds is 5. The monoisotopic (exact) mass is 431 g/mol. The molecule has 10 nitrogen and oxygen atoms in total. The van der Waals surface area contributed by atoms with E-state index in [4.69, 9.17) is 9.15 Å². The van der Waals surface area contributed by atoms with Gasteiger partial charge in [0.05, 0.1) is 37.8 Å². The molecule has 2 aliphatic rings. The lowest BCUT2D eigenvalue weighted by atomic mass is 10.0. The number of nitrogens with one attached hydrogen (secondary N) is 2. The number of carbonyl (C=O) groups excluding carboxylic acids is 1. The number of nitrogens with zero attached hydrogens (tertiary/aromatic N) is 5. The van der Waals surface area contributed by atoms with E-state index in [-0.39, 0.29) is 5.91 Å². The van der Waals surface area contributed by atoms with Gasteiger partial charge in [-0.1, -0.05) is 6.07 Å². The van der Waals surface area contributed by atoms with Crippen LogP contribution in [0.2, 0.25) is 0 Å². The Morgan fingerprint density at radius 3 is 2.94 bits per heavy atom. The molecule has 0 saturated carbocycles. The Hall–Kier alpha value is -3.76. The molecule has 2 N–H and O–H groups in total. The van der Waals surface area contributed by atoms with Crippen molar-refractivity contribution in [1.29, 1.82) is 0 Å². The number of hydrogen-bond acceptors (Lipinski definition) is 8. The van der Waals surface area contributed by atoms with E-state index in [9.17, 15) is 4.79 Å². The van der Waals surface area contributed by atoms with Crippen LogP contribution in [0.3, 0.4) is 0 Å². The highest BCUT2D eigenvalue weighted by atomic mass is 16.5. The molecular weight excluding hydrogens is 410 g/mol. The summed E-state index contributed by atoms with van der Waals surface area (Å²) in [4.78, 5) is 27.5. The summed E-state index contributed by atoms with van der Waals surface area (Å²) < 4.78 is 13.2. The number of ether oxygens (including phenoxy) is 1. The van der Waals surface area contributed by atoms with Gasteiger partial charge in [-0.25, -0.2) is 15.0 Å². The summed E-state index contributed by atoms with van der Waals surface area (Å²) in [5.41, 5.74) is 4.20. The summed E-state index contributed by atoms with van der Waals surface area (Å²) in [6.45, 7) is 4.48. The van der Waals surface area contributed by atoms with Crippen molar-refractivity contribution >= 4 is 23.4 Å². The zero-order valence-electron chi connectivity index (χ0n) is 17.2. The molecule has 162 valence electrons. The quantitative estimate of drug-likeness (QED) is 0.495. The summed E-state index contributed by atoms with van der Waals surface area (Å²) >= 11 is 0. The topological polar surface area (TPSA) is 110 Å². The van der Waals surface area contributed by atoms with E-state index in [1.165, 1.54) is 0 Å². The normalized spacial score (nSPS) is 16.3. The summed E-state index contributed by atoms with van der Waals surface area (Å²) in [5, 5.41) is 6.00. The first-order chi connectivity index (χ1) is 15.7. The summed E-state index contributed by atoms with van der Waals surface area (Å²) in [6, 6.07) is 6.17. The second-order valence-corrected chi connectivity index (χ2v) is 7.81. The Kier molecular flexibility index (Phi) is 4.58. The molecule has 0 atom stereocenters. The average Bonchev–Trinajstić information content (AvgIpc) is 3.56. The van der Waals surface area contributed by atoms with Crippen molar-refractivity contribution in [2.75, 3.05) is 31.6 Å². The number of anilines is 2. The van der Waals surface area contributed by atoms with E-state index < -0.39 is 0 Å².